The molecule has 1 atom stereocenters. The third-order valence-corrected chi connectivity index (χ3v) is 3.79. The normalized spacial score (nSPS) is 19.9. The fourth-order valence-electron chi connectivity index (χ4n) is 2.77. The van der Waals surface area contributed by atoms with E-state index in [0.717, 1.165) is 43.9 Å². The third-order valence-electron chi connectivity index (χ3n) is 3.79. The molecular formula is C16H26N2O2. The standard InChI is InChI=1S/C16H26N2O2/c1-18-11-5-8-14(12-18)20-15-9-3-6-13(7-4-10-17)16(15)19-2/h3,6,9,14H,4-5,7-8,10-12,17H2,1-2H3. The Bertz CT molecular complexity index is 423. The molecule has 0 radical (unpaired) electrons. The Morgan fingerprint density at radius 1 is 1.40 bits per heavy atom. The van der Waals surface area contributed by atoms with E-state index in [9.17, 15) is 0 Å². The van der Waals surface area contributed by atoms with Crippen LogP contribution >= 0.6 is 0 Å². The van der Waals surface area contributed by atoms with E-state index in [4.69, 9.17) is 15.2 Å². The summed E-state index contributed by atoms with van der Waals surface area (Å²) < 4.78 is 11.7. The molecule has 20 heavy (non-hydrogen) atoms. The van der Waals surface area contributed by atoms with Gasteiger partial charge < -0.3 is 20.1 Å². The van der Waals surface area contributed by atoms with Crippen molar-refractivity contribution in [3.8, 4) is 11.5 Å². The van der Waals surface area contributed by atoms with Gasteiger partial charge in [0.2, 0.25) is 0 Å². The van der Waals surface area contributed by atoms with Crippen molar-refractivity contribution in [2.24, 2.45) is 5.73 Å². The third kappa shape index (κ3) is 3.87. The molecular weight excluding hydrogens is 252 g/mol. The number of piperidine rings is 1. The van der Waals surface area contributed by atoms with Gasteiger partial charge in [0.15, 0.2) is 11.5 Å². The lowest BCUT2D eigenvalue weighted by Gasteiger charge is -2.30. The van der Waals surface area contributed by atoms with Crippen LogP contribution in [0.5, 0.6) is 11.5 Å². The van der Waals surface area contributed by atoms with Crippen LogP contribution in [0.4, 0.5) is 0 Å². The molecule has 1 heterocycles. The summed E-state index contributed by atoms with van der Waals surface area (Å²) in [5, 5.41) is 0. The summed E-state index contributed by atoms with van der Waals surface area (Å²) in [5.74, 6) is 1.73. The van der Waals surface area contributed by atoms with E-state index < -0.39 is 0 Å². The molecule has 2 N–H and O–H groups in total. The number of hydrogen-bond acceptors (Lipinski definition) is 4. The van der Waals surface area contributed by atoms with Gasteiger partial charge in [0.1, 0.15) is 6.10 Å². The number of hydrogen-bond donors (Lipinski definition) is 1. The molecule has 0 spiro atoms. The predicted molar refractivity (Wildman–Crippen MR) is 81.5 cm³/mol. The Kier molecular flexibility index (Phi) is 5.68. The van der Waals surface area contributed by atoms with Gasteiger partial charge in [-0.25, -0.2) is 0 Å². The molecule has 4 nitrogen and oxygen atoms in total. The van der Waals surface area contributed by atoms with E-state index in [-0.39, 0.29) is 6.10 Å². The van der Waals surface area contributed by atoms with Gasteiger partial charge in [0.05, 0.1) is 7.11 Å². The summed E-state index contributed by atoms with van der Waals surface area (Å²) in [6, 6.07) is 6.13. The lowest BCUT2D eigenvalue weighted by atomic mass is 10.1. The molecule has 0 aromatic heterocycles. The Hall–Kier alpha value is -1.26. The topological polar surface area (TPSA) is 47.7 Å². The fourth-order valence-corrected chi connectivity index (χ4v) is 2.77. The second-order valence-electron chi connectivity index (χ2n) is 5.49. The summed E-state index contributed by atoms with van der Waals surface area (Å²) in [6.07, 6.45) is 4.46. The van der Waals surface area contributed by atoms with Crippen LogP contribution in [-0.2, 0) is 6.42 Å². The summed E-state index contributed by atoms with van der Waals surface area (Å²) in [7, 11) is 3.85. The van der Waals surface area contributed by atoms with Gasteiger partial charge in [0, 0.05) is 6.54 Å². The van der Waals surface area contributed by atoms with Crippen LogP contribution in [0.2, 0.25) is 0 Å². The van der Waals surface area contributed by atoms with E-state index >= 15 is 0 Å². The van der Waals surface area contributed by atoms with Crippen molar-refractivity contribution in [3.05, 3.63) is 23.8 Å². The second kappa shape index (κ2) is 7.50. The SMILES string of the molecule is COc1c(CCCN)cccc1OC1CCCN(C)C1. The quantitative estimate of drug-likeness (QED) is 0.865. The van der Waals surface area contributed by atoms with Crippen molar-refractivity contribution in [1.82, 2.24) is 4.90 Å². The van der Waals surface area contributed by atoms with Crippen LogP contribution in [0.15, 0.2) is 18.2 Å². The van der Waals surface area contributed by atoms with Crippen molar-refractivity contribution in [2.75, 3.05) is 33.8 Å². The monoisotopic (exact) mass is 278 g/mol. The number of rotatable bonds is 6. The van der Waals surface area contributed by atoms with Gasteiger partial charge in [-0.15, -0.1) is 0 Å². The summed E-state index contributed by atoms with van der Waals surface area (Å²) in [6.45, 7) is 2.84. The number of benzene rings is 1. The van der Waals surface area contributed by atoms with Crippen molar-refractivity contribution < 1.29 is 9.47 Å². The van der Waals surface area contributed by atoms with E-state index in [1.807, 2.05) is 12.1 Å². The largest absolute Gasteiger partial charge is 0.493 e. The van der Waals surface area contributed by atoms with Gasteiger partial charge in [-0.2, -0.15) is 0 Å². The highest BCUT2D eigenvalue weighted by atomic mass is 16.5. The first-order valence-corrected chi connectivity index (χ1v) is 7.45. The van der Waals surface area contributed by atoms with Crippen LogP contribution in [-0.4, -0.2) is 44.8 Å². The number of likely N-dealkylation sites (tertiary alicyclic amines) is 1. The minimum absolute atomic E-state index is 0.257. The summed E-state index contributed by atoms with van der Waals surface area (Å²) in [4.78, 5) is 2.32. The number of para-hydroxylation sites is 1. The molecule has 1 aliphatic heterocycles. The molecule has 1 unspecified atom stereocenters. The molecule has 1 aromatic carbocycles. The number of methoxy groups -OCH3 is 1. The zero-order valence-corrected chi connectivity index (χ0v) is 12.6. The van der Waals surface area contributed by atoms with Crippen molar-refractivity contribution in [1.29, 1.82) is 0 Å². The molecule has 0 amide bonds. The number of ether oxygens (including phenoxy) is 2. The Labute approximate surface area is 121 Å². The van der Waals surface area contributed by atoms with E-state index in [1.165, 1.54) is 12.0 Å². The smallest absolute Gasteiger partial charge is 0.163 e. The minimum atomic E-state index is 0.257. The predicted octanol–water partition coefficient (Wildman–Crippen LogP) is 2.06. The Morgan fingerprint density at radius 2 is 2.25 bits per heavy atom. The molecule has 4 heteroatoms. The van der Waals surface area contributed by atoms with Crippen LogP contribution in [0, 0.1) is 0 Å². The average Bonchev–Trinajstić information content (AvgIpc) is 2.45. The molecule has 2 rings (SSSR count). The highest BCUT2D eigenvalue weighted by molar-refractivity contribution is 5.46. The summed E-state index contributed by atoms with van der Waals surface area (Å²) in [5.41, 5.74) is 6.77. The highest BCUT2D eigenvalue weighted by Crippen LogP contribution is 2.33. The molecule has 1 aliphatic rings. The van der Waals surface area contributed by atoms with E-state index in [0.29, 0.717) is 6.54 Å². The Balaban J connectivity index is 2.09. The molecule has 0 saturated carbocycles. The minimum Gasteiger partial charge on any atom is -0.493 e. The highest BCUT2D eigenvalue weighted by Gasteiger charge is 2.20. The van der Waals surface area contributed by atoms with Crippen LogP contribution < -0.4 is 15.2 Å². The maximum atomic E-state index is 6.17. The van der Waals surface area contributed by atoms with Crippen LogP contribution in [0.25, 0.3) is 0 Å². The molecule has 0 bridgehead atoms. The van der Waals surface area contributed by atoms with Gasteiger partial charge in [-0.1, -0.05) is 12.1 Å². The van der Waals surface area contributed by atoms with Crippen molar-refractivity contribution >= 4 is 0 Å². The van der Waals surface area contributed by atoms with E-state index in [1.54, 1.807) is 7.11 Å². The van der Waals surface area contributed by atoms with Crippen molar-refractivity contribution in [2.45, 2.75) is 31.8 Å². The van der Waals surface area contributed by atoms with Crippen molar-refractivity contribution in [3.63, 3.8) is 0 Å². The second-order valence-corrected chi connectivity index (χ2v) is 5.49. The zero-order valence-electron chi connectivity index (χ0n) is 12.6. The lowest BCUT2D eigenvalue weighted by Crippen LogP contribution is -2.38. The van der Waals surface area contributed by atoms with Crippen LogP contribution in [0.3, 0.4) is 0 Å². The number of nitrogens with two attached hydrogens (primary N) is 1. The maximum absolute atomic E-state index is 6.17. The maximum Gasteiger partial charge on any atom is 0.163 e. The number of likely N-dealkylation sites (N-methyl/N-ethyl adjacent to an activating group) is 1. The number of nitrogens with zero attached hydrogens (tertiary/aromatic N) is 1. The van der Waals surface area contributed by atoms with Gasteiger partial charge in [-0.3, -0.25) is 0 Å². The molecule has 112 valence electrons. The molecule has 1 fully saturated rings. The zero-order chi connectivity index (χ0) is 14.4. The first-order chi connectivity index (χ1) is 9.74. The molecule has 1 saturated heterocycles. The van der Waals surface area contributed by atoms with Gasteiger partial charge in [0.25, 0.3) is 0 Å². The van der Waals surface area contributed by atoms with E-state index in [2.05, 4.69) is 18.0 Å². The Morgan fingerprint density at radius 3 is 2.95 bits per heavy atom. The van der Waals surface area contributed by atoms with Crippen LogP contribution in [0.1, 0.15) is 24.8 Å². The average molecular weight is 278 g/mol. The molecule has 0 aliphatic carbocycles. The summed E-state index contributed by atoms with van der Waals surface area (Å²) >= 11 is 0. The number of aryl methyl sites for hydroxylation is 1. The van der Waals surface area contributed by atoms with Gasteiger partial charge in [-0.05, 0) is 57.5 Å². The van der Waals surface area contributed by atoms with Gasteiger partial charge >= 0.3 is 0 Å². The fraction of sp³-hybridized carbons (Fsp3) is 0.625. The lowest BCUT2D eigenvalue weighted by molar-refractivity contribution is 0.101. The first kappa shape index (κ1) is 15.1. The first-order valence-electron chi connectivity index (χ1n) is 7.45. The molecule has 1 aromatic rings.